The summed E-state index contributed by atoms with van der Waals surface area (Å²) in [5.74, 6) is 0.875. The monoisotopic (exact) mass is 618 g/mol. The number of nitrogens with zero attached hydrogens (tertiary/aromatic N) is 4. The van der Waals surface area contributed by atoms with Gasteiger partial charge in [0.25, 0.3) is 0 Å². The topological polar surface area (TPSA) is 44.3 Å². The summed E-state index contributed by atoms with van der Waals surface area (Å²) in [7, 11) is 0. The standard InChI is InChI=1S/C42H26N4S/c1-27-36-9-5-6-10-41(36)47-45-26-34(17-20-42(45)44-27)32-15-14-29-22-31(13-12-30(29)23-32)33-16-19-39-38(24-33)37-18-11-28(25-43)21-40(37)46(39)35-7-3-2-4-8-35/h2-24,26H,1H2. The zero-order valence-electron chi connectivity index (χ0n) is 25.3. The van der Waals surface area contributed by atoms with Crippen molar-refractivity contribution in [3.05, 3.63) is 169 Å². The fraction of sp³-hybridized carbons (Fsp3) is 0. The Bertz CT molecular complexity index is 2580. The van der Waals surface area contributed by atoms with E-state index in [1.54, 1.807) is 11.9 Å². The molecule has 0 saturated carbocycles. The number of allylic oxidation sites excluding steroid dienone is 2. The highest BCUT2D eigenvalue weighted by Crippen LogP contribution is 2.39. The van der Waals surface area contributed by atoms with Crippen LogP contribution in [0, 0.1) is 11.3 Å². The third kappa shape index (κ3) is 4.58. The molecule has 0 N–H and O–H groups in total. The highest BCUT2D eigenvalue weighted by Gasteiger charge is 2.21. The van der Waals surface area contributed by atoms with E-state index in [-0.39, 0.29) is 0 Å². The molecule has 9 rings (SSSR count). The van der Waals surface area contributed by atoms with Gasteiger partial charge >= 0.3 is 0 Å². The minimum absolute atomic E-state index is 0.654. The summed E-state index contributed by atoms with van der Waals surface area (Å²) in [6.07, 6.45) is 6.36. The summed E-state index contributed by atoms with van der Waals surface area (Å²) in [5, 5.41) is 14.3. The van der Waals surface area contributed by atoms with E-state index >= 15 is 0 Å². The van der Waals surface area contributed by atoms with Crippen LogP contribution in [0.4, 0.5) is 0 Å². The van der Waals surface area contributed by atoms with Gasteiger partial charge in [-0.1, -0.05) is 79.4 Å². The Hall–Kier alpha value is -6.09. The molecule has 0 radical (unpaired) electrons. The fourth-order valence-electron chi connectivity index (χ4n) is 6.62. The van der Waals surface area contributed by atoms with Gasteiger partial charge in [-0.2, -0.15) is 5.26 Å². The average Bonchev–Trinajstić information content (AvgIpc) is 3.37. The van der Waals surface area contributed by atoms with E-state index in [4.69, 9.17) is 4.99 Å². The van der Waals surface area contributed by atoms with Crippen LogP contribution in [-0.4, -0.2) is 14.7 Å². The van der Waals surface area contributed by atoms with Gasteiger partial charge in [-0.15, -0.1) is 0 Å². The molecule has 5 heteroatoms. The van der Waals surface area contributed by atoms with E-state index in [0.29, 0.717) is 5.56 Å². The number of hydrogen-bond donors (Lipinski definition) is 0. The summed E-state index contributed by atoms with van der Waals surface area (Å²) < 4.78 is 4.38. The second-order valence-electron chi connectivity index (χ2n) is 11.8. The van der Waals surface area contributed by atoms with Crippen molar-refractivity contribution in [2.45, 2.75) is 4.90 Å². The lowest BCUT2D eigenvalue weighted by molar-refractivity contribution is 0.932. The van der Waals surface area contributed by atoms with Crippen LogP contribution in [0.25, 0.3) is 60.7 Å². The van der Waals surface area contributed by atoms with Gasteiger partial charge in [-0.25, -0.2) is 4.99 Å². The van der Waals surface area contributed by atoms with Gasteiger partial charge in [0.05, 0.1) is 28.4 Å². The molecule has 4 nitrogen and oxygen atoms in total. The number of nitriles is 1. The second kappa shape index (κ2) is 10.8. The molecule has 2 aliphatic rings. The Kier molecular flexibility index (Phi) is 6.24. The molecule has 0 saturated heterocycles. The van der Waals surface area contributed by atoms with Crippen molar-refractivity contribution in [1.82, 2.24) is 8.87 Å². The zero-order valence-corrected chi connectivity index (χ0v) is 26.1. The number of aliphatic imine (C=N–C) groups is 1. The Morgan fingerprint density at radius 3 is 2.26 bits per heavy atom. The summed E-state index contributed by atoms with van der Waals surface area (Å²) in [6.45, 7) is 4.20. The van der Waals surface area contributed by atoms with Gasteiger partial charge < -0.3 is 4.57 Å². The molecule has 2 aliphatic heterocycles. The predicted molar refractivity (Wildman–Crippen MR) is 196 cm³/mol. The third-order valence-electron chi connectivity index (χ3n) is 8.95. The van der Waals surface area contributed by atoms with Crippen LogP contribution in [0.2, 0.25) is 0 Å². The maximum absolute atomic E-state index is 9.63. The normalized spacial score (nSPS) is 14.0. The Labute approximate surface area is 276 Å². The van der Waals surface area contributed by atoms with Crippen LogP contribution in [0.3, 0.4) is 0 Å². The number of aromatic nitrogens is 1. The Morgan fingerprint density at radius 2 is 1.40 bits per heavy atom. The van der Waals surface area contributed by atoms with E-state index in [1.165, 1.54) is 16.3 Å². The predicted octanol–water partition coefficient (Wildman–Crippen LogP) is 10.8. The molecule has 0 atom stereocenters. The minimum Gasteiger partial charge on any atom is -0.309 e. The quantitative estimate of drug-likeness (QED) is 0.185. The lowest BCUT2D eigenvalue weighted by atomic mass is 9.96. The van der Waals surface area contributed by atoms with Crippen molar-refractivity contribution in [2.75, 3.05) is 0 Å². The second-order valence-corrected chi connectivity index (χ2v) is 12.8. The Morgan fingerprint density at radius 1 is 0.660 bits per heavy atom. The number of fused-ring (bicyclic) bond motifs is 6. The maximum Gasteiger partial charge on any atom is 0.143 e. The molecule has 7 aromatic rings. The van der Waals surface area contributed by atoms with E-state index in [1.807, 2.05) is 36.4 Å². The van der Waals surface area contributed by atoms with Crippen molar-refractivity contribution < 1.29 is 0 Å². The molecule has 0 fully saturated rings. The van der Waals surface area contributed by atoms with E-state index in [2.05, 4.69) is 131 Å². The van der Waals surface area contributed by atoms with Crippen molar-refractivity contribution in [3.8, 4) is 22.9 Å². The summed E-state index contributed by atoms with van der Waals surface area (Å²) in [5.41, 5.74) is 10.3. The molecule has 47 heavy (non-hydrogen) atoms. The van der Waals surface area contributed by atoms with Gasteiger partial charge in [0.2, 0.25) is 0 Å². The number of amidine groups is 1. The largest absolute Gasteiger partial charge is 0.309 e. The number of benzene rings is 6. The third-order valence-corrected chi connectivity index (χ3v) is 10.00. The molecule has 3 heterocycles. The number of hydrogen-bond acceptors (Lipinski definition) is 4. The molecular formula is C42H26N4S. The average molecular weight is 619 g/mol. The van der Waals surface area contributed by atoms with Gasteiger partial charge in [-0.3, -0.25) is 4.31 Å². The van der Waals surface area contributed by atoms with Gasteiger partial charge in [0, 0.05) is 33.1 Å². The fourth-order valence-corrected chi connectivity index (χ4v) is 7.62. The van der Waals surface area contributed by atoms with Crippen LogP contribution in [0.15, 0.2) is 162 Å². The lowest BCUT2D eigenvalue weighted by Gasteiger charge is -2.22. The molecule has 0 bridgehead atoms. The molecule has 0 amide bonds. The highest BCUT2D eigenvalue weighted by atomic mass is 32.2. The van der Waals surface area contributed by atoms with Gasteiger partial charge in [-0.05, 0) is 112 Å². The van der Waals surface area contributed by atoms with E-state index in [9.17, 15) is 5.26 Å². The molecule has 220 valence electrons. The minimum atomic E-state index is 0.654. The summed E-state index contributed by atoms with van der Waals surface area (Å²) in [4.78, 5) is 5.94. The zero-order chi connectivity index (χ0) is 31.5. The lowest BCUT2D eigenvalue weighted by Crippen LogP contribution is -2.18. The first-order valence-electron chi connectivity index (χ1n) is 15.5. The molecule has 0 spiro atoms. The number of para-hydroxylation sites is 1. The first-order valence-corrected chi connectivity index (χ1v) is 16.2. The van der Waals surface area contributed by atoms with Crippen LogP contribution in [0.1, 0.15) is 16.7 Å². The first-order chi connectivity index (χ1) is 23.1. The van der Waals surface area contributed by atoms with Gasteiger partial charge in [0.1, 0.15) is 5.84 Å². The SMILES string of the molecule is C=C1N=C2C=CC(c3ccc4cc(-c5ccc6c(c5)c5ccc(C#N)cc5n6-c5ccccc5)ccc4c3)=CN2Sc2ccccc21. The molecule has 0 unspecified atom stereocenters. The van der Waals surface area contributed by atoms with Gasteiger partial charge in [0.15, 0.2) is 0 Å². The molecule has 0 aliphatic carbocycles. The number of rotatable bonds is 3. The molecule has 6 aromatic carbocycles. The molecule has 1 aromatic heterocycles. The summed E-state index contributed by atoms with van der Waals surface area (Å²) >= 11 is 1.67. The Balaban J connectivity index is 1.08. The van der Waals surface area contributed by atoms with Crippen molar-refractivity contribution in [1.29, 1.82) is 5.26 Å². The highest BCUT2D eigenvalue weighted by molar-refractivity contribution is 7.97. The van der Waals surface area contributed by atoms with Crippen molar-refractivity contribution >= 4 is 61.6 Å². The van der Waals surface area contributed by atoms with Crippen LogP contribution in [0.5, 0.6) is 0 Å². The van der Waals surface area contributed by atoms with E-state index < -0.39 is 0 Å². The van der Waals surface area contributed by atoms with Crippen molar-refractivity contribution in [2.24, 2.45) is 4.99 Å². The smallest absolute Gasteiger partial charge is 0.143 e. The first kappa shape index (κ1) is 27.2. The van der Waals surface area contributed by atoms with Crippen LogP contribution >= 0.6 is 11.9 Å². The molecular weight excluding hydrogens is 593 g/mol. The van der Waals surface area contributed by atoms with E-state index in [0.717, 1.165) is 66.2 Å². The summed E-state index contributed by atoms with van der Waals surface area (Å²) in [6, 6.07) is 46.9. The maximum atomic E-state index is 9.63. The van der Waals surface area contributed by atoms with Crippen molar-refractivity contribution in [3.63, 3.8) is 0 Å². The van der Waals surface area contributed by atoms with Crippen LogP contribution in [-0.2, 0) is 0 Å². The van der Waals surface area contributed by atoms with Crippen LogP contribution < -0.4 is 0 Å².